The number of anilines is 1. The van der Waals surface area contributed by atoms with E-state index in [1.807, 2.05) is 0 Å². The largest absolute Gasteiger partial charge is 0.472 e. The number of hydrogen-bond acceptors (Lipinski definition) is 16. The molecule has 6 N–H and O–H groups in total. The number of halogens is 1. The van der Waals surface area contributed by atoms with Crippen LogP contribution in [0.4, 0.5) is 10.2 Å². The van der Waals surface area contributed by atoms with Crippen molar-refractivity contribution in [2.24, 2.45) is 0 Å². The molecule has 21 nitrogen and oxygen atoms in total. The third kappa shape index (κ3) is 5.54. The summed E-state index contributed by atoms with van der Waals surface area (Å²) in [6, 6.07) is 0. The smallest absolute Gasteiger partial charge is 0.387 e. The topological polar surface area (TPSA) is 283 Å². The quantitative estimate of drug-likeness (QED) is 0.164. The molecule has 7 rings (SSSR count). The van der Waals surface area contributed by atoms with Crippen LogP contribution in [-0.4, -0.2) is 110 Å². The number of hydrogen-bond donors (Lipinski definition) is 5. The first-order valence-electron chi connectivity index (χ1n) is 13.5. The summed E-state index contributed by atoms with van der Waals surface area (Å²) < 4.78 is 77.2. The van der Waals surface area contributed by atoms with E-state index in [1.165, 1.54) is 17.8 Å². The van der Waals surface area contributed by atoms with E-state index in [-0.39, 0.29) is 34.0 Å². The van der Waals surface area contributed by atoms with Gasteiger partial charge in [0.1, 0.15) is 54.5 Å². The molecule has 3 aliphatic heterocycles. The number of nitrogens with zero attached hydrogens (tertiary/aromatic N) is 7. The highest BCUT2D eigenvalue weighted by atomic mass is 31.2. The zero-order valence-corrected chi connectivity index (χ0v) is 25.3. The van der Waals surface area contributed by atoms with Gasteiger partial charge in [0.15, 0.2) is 41.3 Å². The van der Waals surface area contributed by atoms with Crippen LogP contribution in [-0.2, 0) is 36.9 Å². The Morgan fingerprint density at radius 3 is 2.46 bits per heavy atom. The number of fused-ring (bicyclic) bond motifs is 5. The molecule has 0 aromatic carbocycles. The first kappa shape index (κ1) is 31.3. The molecule has 2 bridgehead atoms. The van der Waals surface area contributed by atoms with E-state index in [0.717, 1.165) is 17.2 Å². The molecule has 0 spiro atoms. The van der Waals surface area contributed by atoms with Crippen LogP contribution in [0, 0.1) is 6.92 Å². The molecule has 4 unspecified atom stereocenters. The number of nitrogens with two attached hydrogens (primary N) is 1. The number of aromatic amines is 1. The van der Waals surface area contributed by atoms with Gasteiger partial charge >= 0.3 is 15.4 Å². The number of aryl methyl sites for hydroxylation is 1. The van der Waals surface area contributed by atoms with E-state index >= 15 is 4.39 Å². The maximum atomic E-state index is 16.0. The number of ether oxygens (including phenoxy) is 3. The number of aromatic nitrogens is 8. The minimum absolute atomic E-state index is 0.00652. The van der Waals surface area contributed by atoms with Crippen LogP contribution in [0.15, 0.2) is 23.8 Å². The van der Waals surface area contributed by atoms with Crippen LogP contribution in [0.1, 0.15) is 18.3 Å². The molecule has 46 heavy (non-hydrogen) atoms. The average Bonchev–Trinajstić information content (AvgIpc) is 3.75. The Balaban J connectivity index is 1.18. The van der Waals surface area contributed by atoms with Gasteiger partial charge in [0.2, 0.25) is 0 Å². The van der Waals surface area contributed by atoms with Crippen molar-refractivity contribution in [1.29, 1.82) is 0 Å². The molecule has 248 valence electrons. The fraction of sp³-hybridized carbons (Fsp3) is 0.545. The first-order chi connectivity index (χ1) is 21.8. The minimum Gasteiger partial charge on any atom is -0.387 e. The summed E-state index contributed by atoms with van der Waals surface area (Å²) in [4.78, 5) is 56.3. The van der Waals surface area contributed by atoms with Gasteiger partial charge in [-0.05, 0) is 6.92 Å². The van der Waals surface area contributed by atoms with E-state index in [1.54, 1.807) is 0 Å². The Kier molecular flexibility index (Phi) is 7.81. The number of phosphoric acid groups is 1. The van der Waals surface area contributed by atoms with E-state index in [0.29, 0.717) is 0 Å². The highest BCUT2D eigenvalue weighted by Crippen LogP contribution is 2.52. The van der Waals surface area contributed by atoms with E-state index in [2.05, 4.69) is 29.9 Å². The molecular weight excluding hydrogens is 663 g/mol. The predicted molar refractivity (Wildman–Crippen MR) is 148 cm³/mol. The zero-order valence-electron chi connectivity index (χ0n) is 23.5. The molecule has 0 radical (unpaired) electrons. The number of H-pyrrole nitrogens is 1. The van der Waals surface area contributed by atoms with Crippen molar-refractivity contribution in [2.75, 3.05) is 25.3 Å². The summed E-state index contributed by atoms with van der Waals surface area (Å²) >= 11 is 0. The van der Waals surface area contributed by atoms with Gasteiger partial charge in [-0.15, -0.1) is 0 Å². The van der Waals surface area contributed by atoms with Crippen LogP contribution in [0.2, 0.25) is 0 Å². The van der Waals surface area contributed by atoms with Crippen LogP contribution in [0.5, 0.6) is 0 Å². The fourth-order valence-corrected chi connectivity index (χ4v) is 7.25. The predicted octanol–water partition coefficient (Wildman–Crippen LogP) is -0.596. The fourth-order valence-electron chi connectivity index (χ4n) is 5.48. The van der Waals surface area contributed by atoms with E-state index < -0.39 is 89.7 Å². The monoisotopic (exact) mass is 689 g/mol. The molecule has 3 fully saturated rings. The van der Waals surface area contributed by atoms with E-state index in [9.17, 15) is 28.8 Å². The lowest BCUT2D eigenvalue weighted by atomic mass is 10.1. The molecule has 0 saturated carbocycles. The first-order valence-corrected chi connectivity index (χ1v) is 16.8. The maximum Gasteiger partial charge on any atom is 0.472 e. The summed E-state index contributed by atoms with van der Waals surface area (Å²) in [5, 5.41) is 11.1. The Bertz CT molecular complexity index is 1960. The highest BCUT2D eigenvalue weighted by Gasteiger charge is 2.53. The van der Waals surface area contributed by atoms with Gasteiger partial charge < -0.3 is 44.3 Å². The Morgan fingerprint density at radius 2 is 1.67 bits per heavy atom. The number of rotatable bonds is 2. The van der Waals surface area contributed by atoms with Gasteiger partial charge in [-0.25, -0.2) is 33.9 Å². The van der Waals surface area contributed by atoms with Gasteiger partial charge in [0.25, 0.3) is 5.56 Å². The number of alkyl halides is 1. The highest BCUT2D eigenvalue weighted by molar-refractivity contribution is 7.52. The van der Waals surface area contributed by atoms with Crippen molar-refractivity contribution < 1.29 is 56.2 Å². The summed E-state index contributed by atoms with van der Waals surface area (Å²) in [6.45, 7) is -0.0620. The third-order valence-corrected chi connectivity index (χ3v) is 9.61. The van der Waals surface area contributed by atoms with Crippen LogP contribution < -0.4 is 11.3 Å². The number of imidazole rings is 2. The van der Waals surface area contributed by atoms with Gasteiger partial charge in [0, 0.05) is 0 Å². The molecule has 7 heterocycles. The summed E-state index contributed by atoms with van der Waals surface area (Å²) in [5.74, 6) is 0.243. The van der Waals surface area contributed by atoms with Crippen molar-refractivity contribution in [2.45, 2.75) is 56.1 Å². The van der Waals surface area contributed by atoms with Crippen molar-refractivity contribution in [3.63, 3.8) is 0 Å². The lowest BCUT2D eigenvalue weighted by Gasteiger charge is -2.26. The van der Waals surface area contributed by atoms with Gasteiger partial charge in [-0.3, -0.25) is 27.5 Å². The second-order valence-electron chi connectivity index (χ2n) is 10.7. The molecule has 0 amide bonds. The van der Waals surface area contributed by atoms with Gasteiger partial charge in [-0.1, -0.05) is 0 Å². The number of aliphatic hydroxyl groups excluding tert-OH is 1. The SMILES string of the molecule is Cc1nc2c(ncn2[C@@H]2O[C@@H]3COP(=O)(O)O[C@@H]4C(F)[C@H](n5cnc6c(N)ncnc65)O[C@@H]4COP(=O)(O)COC2[C@H]3O)c(=O)[nH]1. The van der Waals surface area contributed by atoms with Crippen molar-refractivity contribution >= 4 is 43.6 Å². The number of phosphoric ester groups is 1. The maximum absolute atomic E-state index is 16.0. The van der Waals surface area contributed by atoms with Crippen LogP contribution >= 0.6 is 15.4 Å². The number of nitrogens with one attached hydrogen (secondary N) is 1. The Morgan fingerprint density at radius 1 is 0.978 bits per heavy atom. The molecule has 4 aromatic rings. The lowest BCUT2D eigenvalue weighted by molar-refractivity contribution is -0.0640. The molecular formula is C22H26FN9O12P2. The summed E-state index contributed by atoms with van der Waals surface area (Å²) in [6.07, 6.45) is -10.4. The van der Waals surface area contributed by atoms with Crippen molar-refractivity contribution in [3.8, 4) is 0 Å². The van der Waals surface area contributed by atoms with Crippen LogP contribution in [0.3, 0.4) is 0 Å². The van der Waals surface area contributed by atoms with Gasteiger partial charge in [-0.2, -0.15) is 0 Å². The molecule has 10 atom stereocenters. The molecule has 0 aliphatic carbocycles. The third-order valence-electron chi connectivity index (χ3n) is 7.59. The average molecular weight is 689 g/mol. The molecule has 4 aromatic heterocycles. The van der Waals surface area contributed by atoms with Gasteiger partial charge in [0.05, 0.1) is 25.9 Å². The Labute approximate surface area is 255 Å². The van der Waals surface area contributed by atoms with Crippen molar-refractivity contribution in [3.05, 3.63) is 35.2 Å². The van der Waals surface area contributed by atoms with Crippen LogP contribution in [0.25, 0.3) is 22.3 Å². The molecule has 3 aliphatic rings. The minimum atomic E-state index is -5.14. The second-order valence-corrected chi connectivity index (χ2v) is 13.8. The summed E-state index contributed by atoms with van der Waals surface area (Å²) in [7, 11) is -9.82. The zero-order chi connectivity index (χ0) is 32.5. The van der Waals surface area contributed by atoms with E-state index in [4.69, 9.17) is 33.5 Å². The Hall–Kier alpha value is -3.27. The normalized spacial score (nSPS) is 37.4. The van der Waals surface area contributed by atoms with Crippen molar-refractivity contribution in [1.82, 2.24) is 39.0 Å². The number of nitrogen functional groups attached to an aromatic ring is 1. The number of aliphatic hydroxyl groups is 1. The molecule has 24 heteroatoms. The summed E-state index contributed by atoms with van der Waals surface area (Å²) in [5.41, 5.74) is 5.44. The second kappa shape index (κ2) is 11.5. The lowest BCUT2D eigenvalue weighted by Crippen LogP contribution is -2.37. The standard InChI is InChI=1S/C22H26FN9O12P2/c1-8-29-19-13(20(34)30-8)28-6-32(19)22-16-14(33)9(42-22)2-41-46(37,38)44-15-10(3-40-45(35,36)7-39-16)43-21(11(15)23)31-5-27-12-17(24)25-4-26-18(12)31/h4-6,9-11,14-16,21-22,33H,2-3,7H2,1H3,(H,35,36)(H,37,38)(H2,24,25,26)(H,29,30,34)/t9-,10-,11?,14+,15+,16?,21-,22-/m1/s1. The molecule has 3 saturated heterocycles.